The average molecular weight is 336 g/mol. The van der Waals surface area contributed by atoms with Gasteiger partial charge in [-0.25, -0.2) is 0 Å². The van der Waals surface area contributed by atoms with E-state index in [1.807, 2.05) is 24.3 Å². The van der Waals surface area contributed by atoms with Gasteiger partial charge >= 0.3 is 5.97 Å². The van der Waals surface area contributed by atoms with E-state index in [9.17, 15) is 9.59 Å². The van der Waals surface area contributed by atoms with Crippen LogP contribution in [0.3, 0.4) is 0 Å². The maximum absolute atomic E-state index is 12.3. The quantitative estimate of drug-likeness (QED) is 0.598. The molecule has 0 aromatic heterocycles. The first-order chi connectivity index (χ1) is 11.0. The zero-order chi connectivity index (χ0) is 16.8. The van der Waals surface area contributed by atoms with Gasteiger partial charge in [-0.05, 0) is 42.8 Å². The van der Waals surface area contributed by atoms with E-state index in [-0.39, 0.29) is 18.3 Å². The van der Waals surface area contributed by atoms with Crippen molar-refractivity contribution >= 4 is 29.2 Å². The maximum atomic E-state index is 12.3. The third-order valence-corrected chi connectivity index (χ3v) is 4.09. The number of benzene rings is 1. The second-order valence-corrected chi connectivity index (χ2v) is 5.59. The molecule has 0 saturated carbocycles. The molecule has 1 aliphatic rings. The van der Waals surface area contributed by atoms with Crippen molar-refractivity contribution in [2.75, 3.05) is 20.8 Å². The maximum Gasteiger partial charge on any atom is 0.305 e. The Morgan fingerprint density at radius 1 is 1.30 bits per heavy atom. The zero-order valence-corrected chi connectivity index (χ0v) is 14.0. The Morgan fingerprint density at radius 3 is 2.61 bits per heavy atom. The van der Waals surface area contributed by atoms with Crippen LogP contribution in [0.5, 0.6) is 5.75 Å². The van der Waals surface area contributed by atoms with Crippen LogP contribution in [0.15, 0.2) is 24.3 Å². The molecule has 1 saturated heterocycles. The van der Waals surface area contributed by atoms with Gasteiger partial charge in [0, 0.05) is 13.0 Å². The van der Waals surface area contributed by atoms with Gasteiger partial charge in [0.1, 0.15) is 11.8 Å². The summed E-state index contributed by atoms with van der Waals surface area (Å²) in [6.07, 6.45) is 1.26. The number of ether oxygens (including phenoxy) is 2. The number of amides is 1. The zero-order valence-electron chi connectivity index (χ0n) is 13.2. The fourth-order valence-corrected chi connectivity index (χ4v) is 2.71. The Balaban J connectivity index is 1.88. The summed E-state index contributed by atoms with van der Waals surface area (Å²) >= 11 is 5.22. The first-order valence-corrected chi connectivity index (χ1v) is 7.77. The number of carbonyl (C=O) groups is 2. The molecule has 1 atom stereocenters. The smallest absolute Gasteiger partial charge is 0.305 e. The van der Waals surface area contributed by atoms with E-state index in [1.54, 1.807) is 12.0 Å². The van der Waals surface area contributed by atoms with Crippen molar-refractivity contribution in [3.05, 3.63) is 29.8 Å². The monoisotopic (exact) mass is 336 g/mol. The van der Waals surface area contributed by atoms with Crippen molar-refractivity contribution in [2.24, 2.45) is 0 Å². The molecule has 6 nitrogen and oxygen atoms in total. The fraction of sp³-hybridized carbons (Fsp3) is 0.438. The van der Waals surface area contributed by atoms with Crippen molar-refractivity contribution in [3.8, 4) is 5.75 Å². The van der Waals surface area contributed by atoms with Crippen LogP contribution in [-0.4, -0.2) is 48.7 Å². The minimum Gasteiger partial charge on any atom is -0.497 e. The van der Waals surface area contributed by atoms with Gasteiger partial charge in [0.05, 0.1) is 14.2 Å². The molecule has 0 bridgehead atoms. The van der Waals surface area contributed by atoms with Gasteiger partial charge in [-0.15, -0.1) is 0 Å². The van der Waals surface area contributed by atoms with E-state index in [1.165, 1.54) is 7.11 Å². The van der Waals surface area contributed by atoms with Gasteiger partial charge in [-0.2, -0.15) is 0 Å². The summed E-state index contributed by atoms with van der Waals surface area (Å²) in [5.74, 6) is 0.376. The van der Waals surface area contributed by atoms with Crippen LogP contribution in [-0.2, 0) is 20.7 Å². The Hall–Kier alpha value is -2.15. The number of carbonyl (C=O) groups excluding carboxylic acids is 2. The van der Waals surface area contributed by atoms with Crippen molar-refractivity contribution in [1.29, 1.82) is 0 Å². The topological polar surface area (TPSA) is 67.9 Å². The summed E-state index contributed by atoms with van der Waals surface area (Å²) in [6, 6.07) is 7.25. The minimum absolute atomic E-state index is 0.0904. The number of nitrogens with one attached hydrogen (secondary N) is 1. The molecule has 1 amide bonds. The highest BCUT2D eigenvalue weighted by molar-refractivity contribution is 7.80. The Bertz CT molecular complexity index is 588. The lowest BCUT2D eigenvalue weighted by Gasteiger charge is -2.15. The van der Waals surface area contributed by atoms with Crippen molar-refractivity contribution in [2.45, 2.75) is 25.3 Å². The van der Waals surface area contributed by atoms with Gasteiger partial charge in [0.25, 0.3) is 5.91 Å². The van der Waals surface area contributed by atoms with Gasteiger partial charge in [-0.3, -0.25) is 14.5 Å². The lowest BCUT2D eigenvalue weighted by molar-refractivity contribution is -0.140. The number of methoxy groups -OCH3 is 2. The van der Waals surface area contributed by atoms with E-state index < -0.39 is 6.04 Å². The molecule has 7 heteroatoms. The minimum atomic E-state index is -0.447. The predicted molar refractivity (Wildman–Crippen MR) is 89.2 cm³/mol. The van der Waals surface area contributed by atoms with Crippen LogP contribution in [0.25, 0.3) is 0 Å². The highest BCUT2D eigenvalue weighted by Crippen LogP contribution is 2.15. The number of rotatable bonds is 7. The largest absolute Gasteiger partial charge is 0.497 e. The van der Waals surface area contributed by atoms with Crippen LogP contribution in [0.4, 0.5) is 0 Å². The lowest BCUT2D eigenvalue weighted by atomic mass is 10.1. The van der Waals surface area contributed by atoms with Gasteiger partial charge in [0.2, 0.25) is 0 Å². The number of hydrogen-bond donors (Lipinski definition) is 1. The Labute approximate surface area is 140 Å². The summed E-state index contributed by atoms with van der Waals surface area (Å²) in [5.41, 5.74) is 1.10. The van der Waals surface area contributed by atoms with Crippen molar-refractivity contribution in [3.63, 3.8) is 0 Å². The molecule has 2 rings (SSSR count). The molecule has 1 heterocycles. The molecular weight excluding hydrogens is 316 g/mol. The fourth-order valence-electron chi connectivity index (χ4n) is 2.38. The molecule has 1 fully saturated rings. The van der Waals surface area contributed by atoms with E-state index >= 15 is 0 Å². The average Bonchev–Trinajstić information content (AvgIpc) is 2.85. The molecule has 0 radical (unpaired) electrons. The summed E-state index contributed by atoms with van der Waals surface area (Å²) in [5, 5.41) is 3.38. The SMILES string of the molecule is COC(=O)CCC1NC(=S)N(CCc2ccc(OC)cc2)C1=O. The Morgan fingerprint density at radius 2 is 2.00 bits per heavy atom. The number of hydrogen-bond acceptors (Lipinski definition) is 5. The molecule has 1 aliphatic heterocycles. The van der Waals surface area contributed by atoms with Crippen molar-refractivity contribution in [1.82, 2.24) is 10.2 Å². The summed E-state index contributed by atoms with van der Waals surface area (Å²) in [7, 11) is 2.95. The Kier molecular flexibility index (Phi) is 5.92. The third-order valence-electron chi connectivity index (χ3n) is 3.75. The summed E-state index contributed by atoms with van der Waals surface area (Å²) < 4.78 is 9.71. The first-order valence-electron chi connectivity index (χ1n) is 7.36. The molecule has 0 aliphatic carbocycles. The van der Waals surface area contributed by atoms with E-state index in [0.29, 0.717) is 24.5 Å². The summed E-state index contributed by atoms with van der Waals surface area (Å²) in [4.78, 5) is 25.1. The molecule has 1 N–H and O–H groups in total. The number of thiocarbonyl (C=S) groups is 1. The van der Waals surface area contributed by atoms with Crippen LogP contribution in [0, 0.1) is 0 Å². The molecule has 1 aromatic carbocycles. The van der Waals surface area contributed by atoms with E-state index in [0.717, 1.165) is 11.3 Å². The number of nitrogens with zero attached hydrogens (tertiary/aromatic N) is 1. The molecule has 0 spiro atoms. The molecule has 1 unspecified atom stereocenters. The number of esters is 1. The molecule has 124 valence electrons. The van der Waals surface area contributed by atoms with Crippen LogP contribution >= 0.6 is 12.2 Å². The third kappa shape index (κ3) is 4.41. The van der Waals surface area contributed by atoms with Gasteiger partial charge in [0.15, 0.2) is 5.11 Å². The van der Waals surface area contributed by atoms with E-state index in [4.69, 9.17) is 17.0 Å². The van der Waals surface area contributed by atoms with Crippen LogP contribution in [0.1, 0.15) is 18.4 Å². The second kappa shape index (κ2) is 7.92. The van der Waals surface area contributed by atoms with Crippen molar-refractivity contribution < 1.29 is 19.1 Å². The van der Waals surface area contributed by atoms with Crippen LogP contribution < -0.4 is 10.1 Å². The second-order valence-electron chi connectivity index (χ2n) is 5.20. The molecule has 1 aromatic rings. The summed E-state index contributed by atoms with van der Waals surface area (Å²) in [6.45, 7) is 0.506. The van der Waals surface area contributed by atoms with E-state index in [2.05, 4.69) is 10.1 Å². The molecular formula is C16H20N2O4S. The highest BCUT2D eigenvalue weighted by atomic mass is 32.1. The van der Waals surface area contributed by atoms with Crippen LogP contribution in [0.2, 0.25) is 0 Å². The van der Waals surface area contributed by atoms with Gasteiger partial charge < -0.3 is 14.8 Å². The first kappa shape index (κ1) is 17.2. The lowest BCUT2D eigenvalue weighted by Crippen LogP contribution is -2.33. The highest BCUT2D eigenvalue weighted by Gasteiger charge is 2.34. The normalized spacial score (nSPS) is 17.1. The standard InChI is InChI=1S/C16H20N2O4S/c1-21-12-5-3-11(4-6-12)9-10-18-15(20)13(17-16(18)23)7-8-14(19)22-2/h3-6,13H,7-10H2,1-2H3,(H,17,23). The predicted octanol–water partition coefficient (Wildman–Crippen LogP) is 1.28. The van der Waals surface area contributed by atoms with Gasteiger partial charge in [-0.1, -0.05) is 12.1 Å². The molecule has 23 heavy (non-hydrogen) atoms.